The maximum absolute atomic E-state index is 12.3. The second kappa shape index (κ2) is 11.2. The molecule has 0 bridgehead atoms. The van der Waals surface area contributed by atoms with Gasteiger partial charge in [0.25, 0.3) is 5.91 Å². The summed E-state index contributed by atoms with van der Waals surface area (Å²) < 4.78 is 21.6. The van der Waals surface area contributed by atoms with Crippen LogP contribution >= 0.6 is 0 Å². The highest BCUT2D eigenvalue weighted by Gasteiger charge is 2.15. The summed E-state index contributed by atoms with van der Waals surface area (Å²) in [4.78, 5) is 36.7. The van der Waals surface area contributed by atoms with Crippen molar-refractivity contribution in [2.24, 2.45) is 0 Å². The Bertz CT molecular complexity index is 1270. The first-order valence-electron chi connectivity index (χ1n) is 10.9. The van der Waals surface area contributed by atoms with Gasteiger partial charge in [0.2, 0.25) is 0 Å². The summed E-state index contributed by atoms with van der Waals surface area (Å²) in [5.74, 6) is 0.278. The summed E-state index contributed by atoms with van der Waals surface area (Å²) in [5, 5.41) is 3.19. The highest BCUT2D eigenvalue weighted by Crippen LogP contribution is 2.28. The molecule has 3 aromatic rings. The van der Waals surface area contributed by atoms with E-state index in [-0.39, 0.29) is 22.9 Å². The second-order valence-electron chi connectivity index (χ2n) is 7.79. The number of hydrogen-bond donors (Lipinski definition) is 1. The monoisotopic (exact) mass is 465 g/mol. The van der Waals surface area contributed by atoms with Gasteiger partial charge in [-0.3, -0.25) is 4.79 Å². The fourth-order valence-corrected chi connectivity index (χ4v) is 3.09. The molecule has 3 rings (SSSR count). The van der Waals surface area contributed by atoms with Gasteiger partial charge in [-0.15, -0.1) is 0 Å². The van der Waals surface area contributed by atoms with E-state index in [0.29, 0.717) is 23.5 Å². The highest BCUT2D eigenvalue weighted by molar-refractivity contribution is 5.97. The number of amides is 1. The molecule has 0 saturated heterocycles. The summed E-state index contributed by atoms with van der Waals surface area (Å²) >= 11 is 0. The molecule has 1 amide bonds. The molecular formula is C26H27NO7. The van der Waals surface area contributed by atoms with Gasteiger partial charge >= 0.3 is 11.6 Å². The van der Waals surface area contributed by atoms with Crippen molar-refractivity contribution in [3.63, 3.8) is 0 Å². The zero-order valence-corrected chi connectivity index (χ0v) is 19.5. The van der Waals surface area contributed by atoms with Crippen LogP contribution in [0.1, 0.15) is 43.1 Å². The predicted molar refractivity (Wildman–Crippen MR) is 129 cm³/mol. The molecule has 0 spiro atoms. The maximum Gasteiger partial charge on any atom is 0.349 e. The Morgan fingerprint density at radius 2 is 1.88 bits per heavy atom. The van der Waals surface area contributed by atoms with E-state index < -0.39 is 17.5 Å². The van der Waals surface area contributed by atoms with Crippen LogP contribution in [0.15, 0.2) is 57.8 Å². The van der Waals surface area contributed by atoms with Crippen LogP contribution in [0.3, 0.4) is 0 Å². The van der Waals surface area contributed by atoms with Gasteiger partial charge in [-0.2, -0.15) is 0 Å². The first-order valence-corrected chi connectivity index (χ1v) is 10.9. The van der Waals surface area contributed by atoms with Crippen molar-refractivity contribution >= 4 is 28.9 Å². The minimum absolute atomic E-state index is 0.0876. The van der Waals surface area contributed by atoms with Crippen LogP contribution < -0.4 is 25.2 Å². The molecule has 8 heteroatoms. The third-order valence-electron chi connectivity index (χ3n) is 4.65. The third kappa shape index (κ3) is 6.25. The van der Waals surface area contributed by atoms with E-state index in [9.17, 15) is 14.4 Å². The minimum atomic E-state index is -0.769. The molecule has 0 aliphatic heterocycles. The quantitative estimate of drug-likeness (QED) is 0.217. The molecule has 0 atom stereocenters. The van der Waals surface area contributed by atoms with Crippen molar-refractivity contribution in [1.29, 1.82) is 0 Å². The van der Waals surface area contributed by atoms with Gasteiger partial charge in [0.1, 0.15) is 16.9 Å². The zero-order valence-electron chi connectivity index (χ0n) is 19.5. The topological polar surface area (TPSA) is 104 Å². The van der Waals surface area contributed by atoms with Gasteiger partial charge in [0.15, 0.2) is 11.5 Å². The molecular weight excluding hydrogens is 438 g/mol. The van der Waals surface area contributed by atoms with Crippen LogP contribution in [0.4, 0.5) is 0 Å². The van der Waals surface area contributed by atoms with Crippen molar-refractivity contribution in [3.05, 3.63) is 70.1 Å². The lowest BCUT2D eigenvalue weighted by Gasteiger charge is -2.10. The summed E-state index contributed by atoms with van der Waals surface area (Å²) in [6.45, 7) is 6.19. The number of esters is 1. The maximum atomic E-state index is 12.3. The molecule has 0 radical (unpaired) electrons. The first-order chi connectivity index (χ1) is 16.3. The fourth-order valence-electron chi connectivity index (χ4n) is 3.09. The smallest absolute Gasteiger partial charge is 0.349 e. The lowest BCUT2D eigenvalue weighted by atomic mass is 10.1. The van der Waals surface area contributed by atoms with Crippen molar-refractivity contribution in [2.75, 3.05) is 13.7 Å². The molecule has 8 nitrogen and oxygen atoms in total. The number of carbonyl (C=O) groups is 2. The van der Waals surface area contributed by atoms with E-state index in [1.54, 1.807) is 57.4 Å². The molecule has 0 aliphatic carbocycles. The number of carbonyl (C=O) groups excluding carboxylic acids is 2. The number of nitrogens with one attached hydrogen (secondary N) is 1. The van der Waals surface area contributed by atoms with Crippen LogP contribution in [0.5, 0.6) is 17.2 Å². The zero-order chi connectivity index (χ0) is 24.7. The molecule has 0 unspecified atom stereocenters. The number of ether oxygens (including phenoxy) is 3. The lowest BCUT2D eigenvalue weighted by Crippen LogP contribution is -2.33. The molecule has 0 aliphatic rings. The van der Waals surface area contributed by atoms with Gasteiger partial charge in [0, 0.05) is 23.6 Å². The number of methoxy groups -OCH3 is 1. The van der Waals surface area contributed by atoms with Crippen LogP contribution in [-0.2, 0) is 4.79 Å². The van der Waals surface area contributed by atoms with Gasteiger partial charge in [0.05, 0.1) is 13.7 Å². The van der Waals surface area contributed by atoms with Crippen molar-refractivity contribution in [2.45, 2.75) is 33.2 Å². The summed E-state index contributed by atoms with van der Waals surface area (Å²) in [6.07, 6.45) is 3.75. The molecule has 1 heterocycles. The van der Waals surface area contributed by atoms with E-state index in [0.717, 1.165) is 12.0 Å². The Kier molecular flexibility index (Phi) is 8.08. The van der Waals surface area contributed by atoms with Crippen molar-refractivity contribution in [1.82, 2.24) is 5.32 Å². The van der Waals surface area contributed by atoms with E-state index >= 15 is 0 Å². The Labute approximate surface area is 197 Å². The standard InChI is InChI=1S/C26H27NO7/c1-5-12-32-21-10-6-17(13-23(21)31-4)7-11-24(28)33-19-9-8-18-14-20(25(29)27-16(2)3)26(30)34-22(18)15-19/h6-11,13-16H,5,12H2,1-4H3,(H,27,29)/b11-7+. The van der Waals surface area contributed by atoms with Crippen LogP contribution in [0, 0.1) is 0 Å². The molecule has 2 aromatic carbocycles. The second-order valence-corrected chi connectivity index (χ2v) is 7.79. The van der Waals surface area contributed by atoms with E-state index in [1.165, 1.54) is 18.2 Å². The summed E-state index contributed by atoms with van der Waals surface area (Å²) in [7, 11) is 1.55. The molecule has 34 heavy (non-hydrogen) atoms. The Morgan fingerprint density at radius 3 is 2.59 bits per heavy atom. The number of hydrogen-bond acceptors (Lipinski definition) is 7. The lowest BCUT2D eigenvalue weighted by molar-refractivity contribution is -0.128. The van der Waals surface area contributed by atoms with E-state index in [1.807, 2.05) is 6.92 Å². The van der Waals surface area contributed by atoms with E-state index in [4.69, 9.17) is 18.6 Å². The Balaban J connectivity index is 1.72. The van der Waals surface area contributed by atoms with Crippen LogP contribution in [0.2, 0.25) is 0 Å². The highest BCUT2D eigenvalue weighted by atomic mass is 16.5. The van der Waals surface area contributed by atoms with Crippen LogP contribution in [0.25, 0.3) is 17.0 Å². The summed E-state index contributed by atoms with van der Waals surface area (Å²) in [5.41, 5.74) is 0.0758. The normalized spacial score (nSPS) is 11.1. The minimum Gasteiger partial charge on any atom is -0.493 e. The first kappa shape index (κ1) is 24.6. The van der Waals surface area contributed by atoms with Gasteiger partial charge < -0.3 is 23.9 Å². The summed E-state index contributed by atoms with van der Waals surface area (Å²) in [6, 6.07) is 11.3. The Hall–Kier alpha value is -4.07. The van der Waals surface area contributed by atoms with Gasteiger partial charge in [-0.25, -0.2) is 9.59 Å². The third-order valence-corrected chi connectivity index (χ3v) is 4.65. The molecule has 0 fully saturated rings. The molecule has 178 valence electrons. The van der Waals surface area contributed by atoms with Crippen LogP contribution in [-0.4, -0.2) is 31.6 Å². The Morgan fingerprint density at radius 1 is 1.09 bits per heavy atom. The number of rotatable bonds is 9. The fraction of sp³-hybridized carbons (Fsp3) is 0.269. The molecule has 1 aromatic heterocycles. The molecule has 0 saturated carbocycles. The van der Waals surface area contributed by atoms with Gasteiger partial charge in [-0.05, 0) is 62.2 Å². The SMILES string of the molecule is CCCOc1ccc(/C=C/C(=O)Oc2ccc3cc(C(=O)NC(C)C)c(=O)oc3c2)cc1OC. The van der Waals surface area contributed by atoms with Crippen molar-refractivity contribution in [3.8, 4) is 17.2 Å². The van der Waals surface area contributed by atoms with E-state index in [2.05, 4.69) is 5.32 Å². The van der Waals surface area contributed by atoms with Crippen molar-refractivity contribution < 1.29 is 28.2 Å². The molecule has 1 N–H and O–H groups in total. The average molecular weight is 466 g/mol. The predicted octanol–water partition coefficient (Wildman–Crippen LogP) is 4.35. The van der Waals surface area contributed by atoms with Gasteiger partial charge in [-0.1, -0.05) is 13.0 Å². The number of benzene rings is 2. The average Bonchev–Trinajstić information content (AvgIpc) is 2.80. The largest absolute Gasteiger partial charge is 0.493 e. The number of fused-ring (bicyclic) bond motifs is 1.